The van der Waals surface area contributed by atoms with Crippen molar-refractivity contribution in [3.05, 3.63) is 30.3 Å². The van der Waals surface area contributed by atoms with Crippen molar-refractivity contribution in [3.8, 4) is 0 Å². The second-order valence-electron chi connectivity index (χ2n) is 6.59. The zero-order valence-corrected chi connectivity index (χ0v) is 18.5. The van der Waals surface area contributed by atoms with Gasteiger partial charge in [-0.2, -0.15) is 0 Å². The lowest BCUT2D eigenvalue weighted by Gasteiger charge is -2.31. The summed E-state index contributed by atoms with van der Waals surface area (Å²) in [6.07, 6.45) is -4.32. The van der Waals surface area contributed by atoms with Gasteiger partial charge in [0.25, 0.3) is 0 Å². The lowest BCUT2D eigenvalue weighted by Crippen LogP contribution is -2.48. The van der Waals surface area contributed by atoms with Crippen LogP contribution in [0.25, 0.3) is 0 Å². The Bertz CT molecular complexity index is 878. The average Bonchev–Trinajstić information content (AvgIpc) is 2.64. The second-order valence-corrected chi connectivity index (χ2v) is 8.63. The van der Waals surface area contributed by atoms with E-state index in [1.165, 1.54) is 31.2 Å². The molecule has 10 nitrogen and oxygen atoms in total. The lowest BCUT2D eigenvalue weighted by molar-refractivity contribution is -0.182. The van der Waals surface area contributed by atoms with Gasteiger partial charge in [0, 0.05) is 34.1 Å². The van der Waals surface area contributed by atoms with Crippen molar-refractivity contribution < 1.29 is 46.5 Å². The molecule has 0 fully saturated rings. The van der Waals surface area contributed by atoms with Gasteiger partial charge in [-0.1, -0.05) is 18.2 Å². The summed E-state index contributed by atoms with van der Waals surface area (Å²) < 4.78 is 46.1. The van der Waals surface area contributed by atoms with Gasteiger partial charge in [0.2, 0.25) is 0 Å². The van der Waals surface area contributed by atoms with Crippen LogP contribution in [0, 0.1) is 0 Å². The SMILES string of the molecule is CC(=O)OCC[C@@H](OC(C)=O)[C@H](OC(C)=O)[C@@H](CS(=O)(=O)c1ccccc1)OC(C)=O. The molecule has 0 aliphatic rings. The van der Waals surface area contributed by atoms with E-state index in [0.717, 1.165) is 20.8 Å². The summed E-state index contributed by atoms with van der Waals surface area (Å²) in [4.78, 5) is 46.0. The molecule has 0 aromatic heterocycles. The van der Waals surface area contributed by atoms with Gasteiger partial charge in [0.15, 0.2) is 22.0 Å². The number of hydrogen-bond acceptors (Lipinski definition) is 10. The monoisotopic (exact) mass is 458 g/mol. The van der Waals surface area contributed by atoms with Crippen LogP contribution in [0.2, 0.25) is 0 Å². The van der Waals surface area contributed by atoms with Crippen LogP contribution in [0.3, 0.4) is 0 Å². The third-order valence-electron chi connectivity index (χ3n) is 3.86. The maximum atomic E-state index is 12.9. The Labute approximate surface area is 180 Å². The number of sulfone groups is 1. The highest BCUT2D eigenvalue weighted by Crippen LogP contribution is 2.21. The van der Waals surface area contributed by atoms with E-state index >= 15 is 0 Å². The van der Waals surface area contributed by atoms with E-state index in [0.29, 0.717) is 0 Å². The van der Waals surface area contributed by atoms with Gasteiger partial charge in [-0.05, 0) is 12.1 Å². The Morgan fingerprint density at radius 1 is 0.774 bits per heavy atom. The molecule has 0 spiro atoms. The molecule has 0 saturated carbocycles. The first kappa shape index (κ1) is 26.1. The molecule has 1 aromatic carbocycles. The summed E-state index contributed by atoms with van der Waals surface area (Å²) in [6.45, 7) is 4.21. The van der Waals surface area contributed by atoms with Crippen molar-refractivity contribution in [3.63, 3.8) is 0 Å². The van der Waals surface area contributed by atoms with Crippen LogP contribution in [-0.2, 0) is 48.0 Å². The van der Waals surface area contributed by atoms with Gasteiger partial charge >= 0.3 is 23.9 Å². The van der Waals surface area contributed by atoms with Gasteiger partial charge < -0.3 is 18.9 Å². The standard InChI is InChI=1S/C20H26O10S/c1-13(21)27-11-10-18(28-14(2)22)20(30-16(4)24)19(29-15(3)23)12-31(25,26)17-8-6-5-7-9-17/h5-9,18-20H,10-12H2,1-4H3/t18-,19-,20+/m1/s1. The van der Waals surface area contributed by atoms with Crippen LogP contribution in [-0.4, -0.2) is 63.0 Å². The minimum absolute atomic E-state index is 0.0299. The average molecular weight is 458 g/mol. The molecule has 0 heterocycles. The Morgan fingerprint density at radius 2 is 1.29 bits per heavy atom. The van der Waals surface area contributed by atoms with E-state index in [9.17, 15) is 27.6 Å². The van der Waals surface area contributed by atoms with Crippen molar-refractivity contribution in [1.29, 1.82) is 0 Å². The van der Waals surface area contributed by atoms with E-state index in [1.54, 1.807) is 6.07 Å². The van der Waals surface area contributed by atoms with Gasteiger partial charge in [-0.3, -0.25) is 19.2 Å². The van der Waals surface area contributed by atoms with E-state index in [2.05, 4.69) is 0 Å². The van der Waals surface area contributed by atoms with Crippen molar-refractivity contribution in [2.45, 2.75) is 57.3 Å². The molecular weight excluding hydrogens is 432 g/mol. The van der Waals surface area contributed by atoms with E-state index in [-0.39, 0.29) is 17.9 Å². The number of benzene rings is 1. The number of carbonyl (C=O) groups is 4. The first-order valence-corrected chi connectivity index (χ1v) is 11.0. The Kier molecular flexibility index (Phi) is 10.1. The summed E-state index contributed by atoms with van der Waals surface area (Å²) in [6, 6.07) is 7.42. The van der Waals surface area contributed by atoms with Gasteiger partial charge in [-0.15, -0.1) is 0 Å². The number of rotatable bonds is 11. The first-order chi connectivity index (χ1) is 14.4. The van der Waals surface area contributed by atoms with Gasteiger partial charge in [0.05, 0.1) is 17.3 Å². The highest BCUT2D eigenvalue weighted by Gasteiger charge is 2.40. The van der Waals surface area contributed by atoms with Crippen molar-refractivity contribution in [2.24, 2.45) is 0 Å². The summed E-state index contributed by atoms with van der Waals surface area (Å²) in [5.74, 6) is -3.72. The topological polar surface area (TPSA) is 139 Å². The maximum Gasteiger partial charge on any atom is 0.303 e. The highest BCUT2D eigenvalue weighted by atomic mass is 32.2. The van der Waals surface area contributed by atoms with Crippen LogP contribution in [0.4, 0.5) is 0 Å². The number of esters is 4. The van der Waals surface area contributed by atoms with Crippen LogP contribution in [0.15, 0.2) is 35.2 Å². The quantitative estimate of drug-likeness (QED) is 0.351. The molecule has 3 atom stereocenters. The van der Waals surface area contributed by atoms with Crippen LogP contribution in [0.5, 0.6) is 0 Å². The summed E-state index contributed by atoms with van der Waals surface area (Å²) in [7, 11) is -3.98. The summed E-state index contributed by atoms with van der Waals surface area (Å²) >= 11 is 0. The normalized spacial score (nSPS) is 13.9. The minimum atomic E-state index is -3.98. The molecule has 0 radical (unpaired) electrons. The zero-order chi connectivity index (χ0) is 23.6. The predicted octanol–water partition coefficient (Wildman–Crippen LogP) is 1.21. The molecule has 0 unspecified atom stereocenters. The molecule has 11 heteroatoms. The molecule has 1 aromatic rings. The molecule has 0 N–H and O–H groups in total. The second kappa shape index (κ2) is 12.0. The predicted molar refractivity (Wildman–Crippen MR) is 106 cm³/mol. The van der Waals surface area contributed by atoms with Crippen LogP contribution < -0.4 is 0 Å². The molecule has 31 heavy (non-hydrogen) atoms. The van der Waals surface area contributed by atoms with Crippen LogP contribution in [0.1, 0.15) is 34.1 Å². The molecule has 0 bridgehead atoms. The Hall–Kier alpha value is -2.95. The lowest BCUT2D eigenvalue weighted by atomic mass is 10.1. The van der Waals surface area contributed by atoms with E-state index in [4.69, 9.17) is 18.9 Å². The molecule has 0 aliphatic heterocycles. The third-order valence-corrected chi connectivity index (χ3v) is 5.62. The fraction of sp³-hybridized carbons (Fsp3) is 0.500. The van der Waals surface area contributed by atoms with Crippen molar-refractivity contribution in [2.75, 3.05) is 12.4 Å². The number of ether oxygens (including phenoxy) is 4. The fourth-order valence-corrected chi connectivity index (χ4v) is 4.21. The zero-order valence-electron chi connectivity index (χ0n) is 17.7. The molecule has 1 rings (SSSR count). The molecule has 0 aliphatic carbocycles. The third kappa shape index (κ3) is 9.60. The van der Waals surface area contributed by atoms with Gasteiger partial charge in [0.1, 0.15) is 6.10 Å². The van der Waals surface area contributed by atoms with Gasteiger partial charge in [-0.25, -0.2) is 8.42 Å². The fourth-order valence-electron chi connectivity index (χ4n) is 2.75. The maximum absolute atomic E-state index is 12.9. The number of carbonyl (C=O) groups excluding carboxylic acids is 4. The molecule has 172 valence electrons. The smallest absolute Gasteiger partial charge is 0.303 e. The largest absolute Gasteiger partial charge is 0.466 e. The molecule has 0 saturated heterocycles. The summed E-state index contributed by atoms with van der Waals surface area (Å²) in [5, 5.41) is 0. The highest BCUT2D eigenvalue weighted by molar-refractivity contribution is 7.91. The van der Waals surface area contributed by atoms with Crippen molar-refractivity contribution in [1.82, 2.24) is 0 Å². The van der Waals surface area contributed by atoms with E-state index in [1.807, 2.05) is 0 Å². The summed E-state index contributed by atoms with van der Waals surface area (Å²) in [5.41, 5.74) is 0. The Balaban J connectivity index is 3.31. The molecular formula is C20H26O10S. The number of hydrogen-bond donors (Lipinski definition) is 0. The Morgan fingerprint density at radius 3 is 1.77 bits per heavy atom. The first-order valence-electron chi connectivity index (χ1n) is 9.35. The minimum Gasteiger partial charge on any atom is -0.466 e. The molecule has 0 amide bonds. The van der Waals surface area contributed by atoms with Crippen LogP contribution >= 0.6 is 0 Å². The van der Waals surface area contributed by atoms with E-state index < -0.39 is 57.8 Å². The van der Waals surface area contributed by atoms with Crippen molar-refractivity contribution >= 4 is 33.7 Å².